The van der Waals surface area contributed by atoms with Gasteiger partial charge in [0, 0.05) is 25.7 Å². The first-order chi connectivity index (χ1) is 7.63. The lowest BCUT2D eigenvalue weighted by molar-refractivity contribution is -0.128. The van der Waals surface area contributed by atoms with Crippen molar-refractivity contribution in [3.05, 3.63) is 0 Å². The number of nitrogens with zero attached hydrogens (tertiary/aromatic N) is 1. The fraction of sp³-hybridized carbons (Fsp3) is 0.917. The summed E-state index contributed by atoms with van der Waals surface area (Å²) in [6, 6.07) is 0.615. The Hall–Kier alpha value is -0.610. The third-order valence-corrected chi connectivity index (χ3v) is 3.03. The topological polar surface area (TPSA) is 41.6 Å². The number of hydrogen-bond acceptors (Lipinski definition) is 3. The second-order valence-corrected chi connectivity index (χ2v) is 4.59. The van der Waals surface area contributed by atoms with Crippen molar-refractivity contribution < 1.29 is 9.53 Å². The largest absolute Gasteiger partial charge is 0.368 e. The fourth-order valence-electron chi connectivity index (χ4n) is 2.00. The molecule has 0 aromatic heterocycles. The SMILES string of the molecule is CCNC(=O)COC1CCN(C(C)C)CC1. The molecule has 0 radical (unpaired) electrons. The summed E-state index contributed by atoms with van der Waals surface area (Å²) in [7, 11) is 0. The van der Waals surface area contributed by atoms with Gasteiger partial charge in [-0.25, -0.2) is 0 Å². The number of carbonyl (C=O) groups excluding carboxylic acids is 1. The number of hydrogen-bond donors (Lipinski definition) is 1. The van der Waals surface area contributed by atoms with Crippen molar-refractivity contribution >= 4 is 5.91 Å². The molecule has 0 aliphatic carbocycles. The zero-order valence-electron chi connectivity index (χ0n) is 10.7. The number of amides is 1. The number of piperidine rings is 1. The van der Waals surface area contributed by atoms with Crippen LogP contribution < -0.4 is 5.32 Å². The molecule has 1 aliphatic rings. The summed E-state index contributed by atoms with van der Waals surface area (Å²) in [5, 5.41) is 2.74. The Bertz CT molecular complexity index is 211. The third kappa shape index (κ3) is 4.49. The average Bonchev–Trinajstić information content (AvgIpc) is 2.27. The van der Waals surface area contributed by atoms with Gasteiger partial charge in [0.15, 0.2) is 0 Å². The summed E-state index contributed by atoms with van der Waals surface area (Å²) in [6.07, 6.45) is 2.34. The Morgan fingerprint density at radius 3 is 2.56 bits per heavy atom. The van der Waals surface area contributed by atoms with Gasteiger partial charge in [-0.3, -0.25) is 4.79 Å². The molecule has 0 bridgehead atoms. The second-order valence-electron chi connectivity index (χ2n) is 4.59. The fourth-order valence-corrected chi connectivity index (χ4v) is 2.00. The Morgan fingerprint density at radius 2 is 2.06 bits per heavy atom. The third-order valence-electron chi connectivity index (χ3n) is 3.03. The van der Waals surface area contributed by atoms with E-state index in [0.29, 0.717) is 12.6 Å². The van der Waals surface area contributed by atoms with Crippen LogP contribution in [0.1, 0.15) is 33.6 Å². The Morgan fingerprint density at radius 1 is 1.44 bits per heavy atom. The zero-order valence-corrected chi connectivity index (χ0v) is 10.7. The van der Waals surface area contributed by atoms with Gasteiger partial charge < -0.3 is 15.0 Å². The van der Waals surface area contributed by atoms with Gasteiger partial charge in [-0.2, -0.15) is 0 Å². The molecule has 1 N–H and O–H groups in total. The molecule has 1 heterocycles. The number of likely N-dealkylation sites (N-methyl/N-ethyl adjacent to an activating group) is 1. The van der Waals surface area contributed by atoms with Crippen LogP contribution in [0.25, 0.3) is 0 Å². The highest BCUT2D eigenvalue weighted by molar-refractivity contribution is 5.77. The minimum Gasteiger partial charge on any atom is -0.368 e. The van der Waals surface area contributed by atoms with E-state index in [4.69, 9.17) is 4.74 Å². The quantitative estimate of drug-likeness (QED) is 0.763. The maximum absolute atomic E-state index is 11.2. The summed E-state index contributed by atoms with van der Waals surface area (Å²) in [4.78, 5) is 13.7. The normalized spacial score (nSPS) is 19.0. The molecule has 0 aromatic rings. The summed E-state index contributed by atoms with van der Waals surface area (Å²) < 4.78 is 5.59. The van der Waals surface area contributed by atoms with Crippen LogP contribution in [0.2, 0.25) is 0 Å². The van der Waals surface area contributed by atoms with Crippen LogP contribution in [0.3, 0.4) is 0 Å². The van der Waals surface area contributed by atoms with E-state index in [0.717, 1.165) is 25.9 Å². The van der Waals surface area contributed by atoms with Crippen molar-refractivity contribution in [3.8, 4) is 0 Å². The van der Waals surface area contributed by atoms with Gasteiger partial charge in [-0.05, 0) is 33.6 Å². The van der Waals surface area contributed by atoms with Gasteiger partial charge >= 0.3 is 0 Å². The highest BCUT2D eigenvalue weighted by atomic mass is 16.5. The van der Waals surface area contributed by atoms with Crippen molar-refractivity contribution in [1.29, 1.82) is 0 Å². The molecule has 1 rings (SSSR count). The first-order valence-corrected chi connectivity index (χ1v) is 6.25. The van der Waals surface area contributed by atoms with E-state index in [1.54, 1.807) is 0 Å². The second kappa shape index (κ2) is 6.86. The van der Waals surface area contributed by atoms with E-state index in [2.05, 4.69) is 24.1 Å². The Kier molecular flexibility index (Phi) is 5.77. The minimum atomic E-state index is -0.00575. The maximum Gasteiger partial charge on any atom is 0.246 e. The molecule has 0 unspecified atom stereocenters. The lowest BCUT2D eigenvalue weighted by Crippen LogP contribution is -2.41. The van der Waals surface area contributed by atoms with E-state index in [9.17, 15) is 4.79 Å². The molecule has 0 atom stereocenters. The first-order valence-electron chi connectivity index (χ1n) is 6.25. The van der Waals surface area contributed by atoms with Crippen molar-refractivity contribution in [2.75, 3.05) is 26.2 Å². The summed E-state index contributed by atoms with van der Waals surface area (Å²) in [5.74, 6) is -0.00575. The molecule has 4 heteroatoms. The molecule has 16 heavy (non-hydrogen) atoms. The van der Waals surface area contributed by atoms with Crippen molar-refractivity contribution in [3.63, 3.8) is 0 Å². The molecule has 0 saturated carbocycles. The molecular weight excluding hydrogens is 204 g/mol. The van der Waals surface area contributed by atoms with Crippen LogP contribution in [0.5, 0.6) is 0 Å². The van der Waals surface area contributed by atoms with Crippen LogP contribution in [0.4, 0.5) is 0 Å². The van der Waals surface area contributed by atoms with Gasteiger partial charge in [0.25, 0.3) is 0 Å². The average molecular weight is 228 g/mol. The molecule has 94 valence electrons. The number of ether oxygens (including phenoxy) is 1. The van der Waals surface area contributed by atoms with Gasteiger partial charge in [-0.15, -0.1) is 0 Å². The molecule has 4 nitrogen and oxygen atoms in total. The standard InChI is InChI=1S/C12H24N2O2/c1-4-13-12(15)9-16-11-5-7-14(8-6-11)10(2)3/h10-11H,4-9H2,1-3H3,(H,13,15). The minimum absolute atomic E-state index is 0.00575. The number of nitrogens with one attached hydrogen (secondary N) is 1. The lowest BCUT2D eigenvalue weighted by atomic mass is 10.1. The highest BCUT2D eigenvalue weighted by Crippen LogP contribution is 2.15. The van der Waals surface area contributed by atoms with Crippen LogP contribution in [-0.2, 0) is 9.53 Å². The number of carbonyl (C=O) groups is 1. The molecule has 1 fully saturated rings. The monoisotopic (exact) mass is 228 g/mol. The predicted molar refractivity (Wildman–Crippen MR) is 64.4 cm³/mol. The molecule has 1 saturated heterocycles. The Balaban J connectivity index is 2.15. The summed E-state index contributed by atoms with van der Waals surface area (Å²) >= 11 is 0. The maximum atomic E-state index is 11.2. The van der Waals surface area contributed by atoms with Crippen molar-refractivity contribution in [2.45, 2.75) is 45.8 Å². The van der Waals surface area contributed by atoms with Crippen LogP contribution in [0.15, 0.2) is 0 Å². The van der Waals surface area contributed by atoms with Crippen molar-refractivity contribution in [2.24, 2.45) is 0 Å². The number of likely N-dealkylation sites (tertiary alicyclic amines) is 1. The van der Waals surface area contributed by atoms with E-state index < -0.39 is 0 Å². The van der Waals surface area contributed by atoms with Gasteiger partial charge in [0.05, 0.1) is 6.10 Å². The smallest absolute Gasteiger partial charge is 0.246 e. The molecule has 1 aliphatic heterocycles. The van der Waals surface area contributed by atoms with E-state index in [1.165, 1.54) is 0 Å². The van der Waals surface area contributed by atoms with Crippen LogP contribution in [-0.4, -0.2) is 49.2 Å². The Labute approximate surface area is 98.3 Å². The molecule has 0 aromatic carbocycles. The van der Waals surface area contributed by atoms with E-state index in [1.807, 2.05) is 6.92 Å². The number of rotatable bonds is 5. The van der Waals surface area contributed by atoms with E-state index in [-0.39, 0.29) is 18.6 Å². The molecule has 0 spiro atoms. The first kappa shape index (κ1) is 13.5. The van der Waals surface area contributed by atoms with E-state index >= 15 is 0 Å². The van der Waals surface area contributed by atoms with Crippen LogP contribution in [0, 0.1) is 0 Å². The van der Waals surface area contributed by atoms with Gasteiger partial charge in [0.1, 0.15) is 6.61 Å². The van der Waals surface area contributed by atoms with Crippen LogP contribution >= 0.6 is 0 Å². The van der Waals surface area contributed by atoms with Gasteiger partial charge in [-0.1, -0.05) is 0 Å². The van der Waals surface area contributed by atoms with Gasteiger partial charge in [0.2, 0.25) is 5.91 Å². The zero-order chi connectivity index (χ0) is 12.0. The lowest BCUT2D eigenvalue weighted by Gasteiger charge is -2.34. The summed E-state index contributed by atoms with van der Waals surface area (Å²) in [6.45, 7) is 9.40. The molecule has 1 amide bonds. The highest BCUT2D eigenvalue weighted by Gasteiger charge is 2.21. The molecular formula is C12H24N2O2. The van der Waals surface area contributed by atoms with Crippen molar-refractivity contribution in [1.82, 2.24) is 10.2 Å². The summed E-state index contributed by atoms with van der Waals surface area (Å²) in [5.41, 5.74) is 0. The predicted octanol–water partition coefficient (Wildman–Crippen LogP) is 1.01.